The predicted octanol–water partition coefficient (Wildman–Crippen LogP) is 3.36. The van der Waals surface area contributed by atoms with Crippen molar-refractivity contribution in [1.29, 1.82) is 0 Å². The Morgan fingerprint density at radius 3 is 2.62 bits per heavy atom. The Morgan fingerprint density at radius 2 is 2.00 bits per heavy atom. The summed E-state index contributed by atoms with van der Waals surface area (Å²) in [7, 11) is 1.67. The van der Waals surface area contributed by atoms with Crippen LogP contribution in [0.4, 0.5) is 0 Å². The molecule has 0 bridgehead atoms. The van der Waals surface area contributed by atoms with Crippen LogP contribution in [-0.4, -0.2) is 50.9 Å². The Labute approximate surface area is 156 Å². The second-order valence-electron chi connectivity index (χ2n) is 5.88. The van der Waals surface area contributed by atoms with E-state index in [1.54, 1.807) is 13.2 Å². The zero-order chi connectivity index (χ0) is 19.2. The van der Waals surface area contributed by atoms with Crippen molar-refractivity contribution in [3.05, 3.63) is 60.4 Å². The topological polar surface area (TPSA) is 48.0 Å². The molecule has 142 valence electrons. The molecular weight excluding hydrogens is 330 g/mol. The van der Waals surface area contributed by atoms with Crippen molar-refractivity contribution >= 4 is 5.97 Å². The average molecular weight is 359 g/mol. The van der Waals surface area contributed by atoms with Crippen LogP contribution in [0.5, 0.6) is 5.75 Å². The summed E-state index contributed by atoms with van der Waals surface area (Å²) in [5.74, 6) is 0.585. The van der Waals surface area contributed by atoms with Crippen LogP contribution in [0, 0.1) is 0 Å². The summed E-state index contributed by atoms with van der Waals surface area (Å²) in [5.41, 5.74) is 4.67. The van der Waals surface area contributed by atoms with Gasteiger partial charge in [0.05, 0.1) is 13.0 Å². The van der Waals surface area contributed by atoms with Crippen molar-refractivity contribution in [1.82, 2.24) is 4.90 Å². The Balaban J connectivity index is 2.53. The lowest BCUT2D eigenvalue weighted by Crippen LogP contribution is -2.29. The maximum Gasteiger partial charge on any atom is 0.307 e. The molecule has 0 unspecified atom stereocenters. The second kappa shape index (κ2) is 13.0. The third-order valence-electron chi connectivity index (χ3n) is 3.69. The predicted molar refractivity (Wildman–Crippen MR) is 103 cm³/mol. The summed E-state index contributed by atoms with van der Waals surface area (Å²) in [4.78, 5) is 14.0. The van der Waals surface area contributed by atoms with E-state index in [1.807, 2.05) is 31.2 Å². The first-order valence-corrected chi connectivity index (χ1v) is 8.64. The minimum Gasteiger partial charge on any atom is -0.490 e. The van der Waals surface area contributed by atoms with Gasteiger partial charge in [-0.3, -0.25) is 9.69 Å². The number of ether oxygens (including phenoxy) is 3. The number of methoxy groups -OCH3 is 1. The number of carbonyl (C=O) groups is 1. The summed E-state index contributed by atoms with van der Waals surface area (Å²) >= 11 is 0. The molecule has 1 aromatic rings. The number of hydrogen-bond donors (Lipinski definition) is 0. The van der Waals surface area contributed by atoms with Gasteiger partial charge in [-0.2, -0.15) is 0 Å². The van der Waals surface area contributed by atoms with Crippen LogP contribution in [-0.2, 0) is 20.8 Å². The minimum absolute atomic E-state index is 0.227. The van der Waals surface area contributed by atoms with Crippen LogP contribution >= 0.6 is 0 Å². The van der Waals surface area contributed by atoms with Gasteiger partial charge in [-0.15, -0.1) is 5.73 Å². The molecule has 5 heteroatoms. The molecule has 0 aliphatic heterocycles. The number of rotatable bonds is 13. The van der Waals surface area contributed by atoms with Crippen LogP contribution in [0.3, 0.4) is 0 Å². The molecule has 0 spiro atoms. The molecule has 0 aliphatic rings. The number of benzene rings is 1. The summed E-state index contributed by atoms with van der Waals surface area (Å²) in [6.45, 7) is 12.4. The van der Waals surface area contributed by atoms with E-state index in [0.29, 0.717) is 26.2 Å². The van der Waals surface area contributed by atoms with Gasteiger partial charge in [0, 0.05) is 32.3 Å². The lowest BCUT2D eigenvalue weighted by Gasteiger charge is -2.21. The molecule has 0 fully saturated rings. The van der Waals surface area contributed by atoms with Gasteiger partial charge in [-0.1, -0.05) is 31.4 Å². The number of carbonyl (C=O) groups excluding carboxylic acids is 1. The van der Waals surface area contributed by atoms with E-state index < -0.39 is 0 Å². The molecule has 5 nitrogen and oxygen atoms in total. The summed E-state index contributed by atoms with van der Waals surface area (Å²) < 4.78 is 15.9. The first kappa shape index (κ1) is 21.7. The first-order valence-electron chi connectivity index (χ1n) is 8.64. The fourth-order valence-electron chi connectivity index (χ4n) is 2.16. The number of nitrogens with zero attached hydrogens (tertiary/aromatic N) is 1. The maximum absolute atomic E-state index is 11.9. The first-order chi connectivity index (χ1) is 12.6. The lowest BCUT2D eigenvalue weighted by molar-refractivity contribution is -0.143. The zero-order valence-electron chi connectivity index (χ0n) is 15.8. The van der Waals surface area contributed by atoms with Gasteiger partial charge < -0.3 is 14.2 Å². The highest BCUT2D eigenvalue weighted by molar-refractivity contribution is 5.69. The Morgan fingerprint density at radius 1 is 1.27 bits per heavy atom. The molecule has 0 saturated carbocycles. The van der Waals surface area contributed by atoms with Crippen molar-refractivity contribution < 1.29 is 19.0 Å². The molecule has 26 heavy (non-hydrogen) atoms. The Hall–Kier alpha value is -2.33. The van der Waals surface area contributed by atoms with Crippen molar-refractivity contribution in [3.63, 3.8) is 0 Å². The van der Waals surface area contributed by atoms with E-state index in [-0.39, 0.29) is 12.6 Å². The Bertz CT molecular complexity index is 603. The average Bonchev–Trinajstić information content (AvgIpc) is 2.67. The highest BCUT2D eigenvalue weighted by Gasteiger charge is 2.10. The van der Waals surface area contributed by atoms with Crippen molar-refractivity contribution in [2.45, 2.75) is 19.9 Å². The molecule has 0 heterocycles. The second-order valence-corrected chi connectivity index (χ2v) is 5.88. The molecule has 0 N–H and O–H groups in total. The molecule has 1 aromatic carbocycles. The lowest BCUT2D eigenvalue weighted by atomic mass is 10.2. The summed E-state index contributed by atoms with van der Waals surface area (Å²) in [5, 5.41) is 0. The number of esters is 1. The van der Waals surface area contributed by atoms with E-state index in [1.165, 1.54) is 0 Å². The van der Waals surface area contributed by atoms with Crippen molar-refractivity contribution in [2.75, 3.05) is 40.0 Å². The fourth-order valence-corrected chi connectivity index (χ4v) is 2.16. The molecule has 0 radical (unpaired) electrons. The Kier molecular flexibility index (Phi) is 10.8. The van der Waals surface area contributed by atoms with E-state index >= 15 is 0 Å². The SMILES string of the molecule is C=C=C(C)COC(=O)CCN(CCOC)Cc1ccc(OCC=C)cc1. The quantitative estimate of drug-likeness (QED) is 0.307. The van der Waals surface area contributed by atoms with Crippen LogP contribution < -0.4 is 4.74 Å². The van der Waals surface area contributed by atoms with Crippen LogP contribution in [0.2, 0.25) is 0 Å². The summed E-state index contributed by atoms with van der Waals surface area (Å²) in [6, 6.07) is 7.92. The van der Waals surface area contributed by atoms with Crippen LogP contribution in [0.25, 0.3) is 0 Å². The number of hydrogen-bond acceptors (Lipinski definition) is 5. The molecule has 0 aromatic heterocycles. The molecule has 1 rings (SSSR count). The van der Waals surface area contributed by atoms with Crippen LogP contribution in [0.1, 0.15) is 18.9 Å². The van der Waals surface area contributed by atoms with Crippen molar-refractivity contribution in [3.8, 4) is 5.75 Å². The molecule has 0 aliphatic carbocycles. The smallest absolute Gasteiger partial charge is 0.307 e. The van der Waals surface area contributed by atoms with Gasteiger partial charge in [0.25, 0.3) is 0 Å². The highest BCUT2D eigenvalue weighted by Crippen LogP contribution is 2.14. The standard InChI is InChI=1S/C21H29NO4/c1-5-14-25-20-9-7-19(8-10-20)16-22(13-15-24-4)12-11-21(23)26-17-18(3)6-2/h5,7-10H,1-2,11-17H2,3-4H3. The largest absolute Gasteiger partial charge is 0.490 e. The van der Waals surface area contributed by atoms with Gasteiger partial charge in [-0.25, -0.2) is 0 Å². The molecule has 0 saturated heterocycles. The fraction of sp³-hybridized carbons (Fsp3) is 0.429. The highest BCUT2D eigenvalue weighted by atomic mass is 16.5. The van der Waals surface area contributed by atoms with Crippen molar-refractivity contribution in [2.24, 2.45) is 0 Å². The van der Waals surface area contributed by atoms with E-state index in [4.69, 9.17) is 14.2 Å². The van der Waals surface area contributed by atoms with E-state index in [0.717, 1.165) is 30.0 Å². The molecule has 0 atom stereocenters. The van der Waals surface area contributed by atoms with E-state index in [2.05, 4.69) is 23.8 Å². The van der Waals surface area contributed by atoms with Gasteiger partial charge in [0.15, 0.2) is 0 Å². The zero-order valence-corrected chi connectivity index (χ0v) is 15.8. The normalized spacial score (nSPS) is 10.3. The van der Waals surface area contributed by atoms with E-state index in [9.17, 15) is 4.79 Å². The van der Waals surface area contributed by atoms with Crippen LogP contribution in [0.15, 0.2) is 54.8 Å². The maximum atomic E-state index is 11.9. The molecule has 0 amide bonds. The van der Waals surface area contributed by atoms with Gasteiger partial charge in [0.1, 0.15) is 19.0 Å². The third kappa shape index (κ3) is 9.23. The molecular formula is C21H29NO4. The third-order valence-corrected chi connectivity index (χ3v) is 3.69. The van der Waals surface area contributed by atoms with Gasteiger partial charge >= 0.3 is 5.97 Å². The minimum atomic E-state index is -0.227. The van der Waals surface area contributed by atoms with Gasteiger partial charge in [0.2, 0.25) is 0 Å². The van der Waals surface area contributed by atoms with Gasteiger partial charge in [-0.05, 0) is 24.6 Å². The monoisotopic (exact) mass is 359 g/mol. The summed E-state index contributed by atoms with van der Waals surface area (Å²) in [6.07, 6.45) is 2.04.